The lowest BCUT2D eigenvalue weighted by molar-refractivity contribution is -0.290. The number of hydrogen-bond acceptors (Lipinski definition) is 2. The average Bonchev–Trinajstić information content (AvgIpc) is 2.51. The van der Waals surface area contributed by atoms with Crippen LogP contribution in [0.5, 0.6) is 0 Å². The lowest BCUT2D eigenvalue weighted by atomic mass is 9.82. The number of rotatable bonds is 6. The fraction of sp³-hybridized carbons (Fsp3) is 1.00. The molecule has 0 bridgehead atoms. The SMILES string of the molecule is CCCCCC[C@H]1C[C@H](C2CCCCC2)O[C@@H](C(C)(C)C)O1. The Bertz CT molecular complexity index is 301. The first-order valence-corrected chi connectivity index (χ1v) is 9.81. The summed E-state index contributed by atoms with van der Waals surface area (Å²) in [7, 11) is 0. The van der Waals surface area contributed by atoms with E-state index in [2.05, 4.69) is 27.7 Å². The maximum atomic E-state index is 6.43. The third kappa shape index (κ3) is 5.53. The lowest BCUT2D eigenvalue weighted by Gasteiger charge is -2.44. The van der Waals surface area contributed by atoms with Crippen molar-refractivity contribution in [3.8, 4) is 0 Å². The molecule has 1 aliphatic carbocycles. The second kappa shape index (κ2) is 8.68. The minimum absolute atomic E-state index is 0.0237. The Morgan fingerprint density at radius 3 is 2.27 bits per heavy atom. The van der Waals surface area contributed by atoms with E-state index >= 15 is 0 Å². The van der Waals surface area contributed by atoms with Gasteiger partial charge in [-0.15, -0.1) is 0 Å². The van der Waals surface area contributed by atoms with Gasteiger partial charge in [-0.05, 0) is 25.2 Å². The Hall–Kier alpha value is -0.0800. The number of unbranched alkanes of at least 4 members (excludes halogenated alkanes) is 3. The molecule has 0 unspecified atom stereocenters. The van der Waals surface area contributed by atoms with E-state index in [1.54, 1.807) is 0 Å². The van der Waals surface area contributed by atoms with Crippen molar-refractivity contribution in [1.82, 2.24) is 0 Å². The van der Waals surface area contributed by atoms with Gasteiger partial charge in [0.15, 0.2) is 6.29 Å². The zero-order valence-electron chi connectivity index (χ0n) is 15.4. The Balaban J connectivity index is 1.91. The smallest absolute Gasteiger partial charge is 0.163 e. The molecule has 2 nitrogen and oxygen atoms in total. The van der Waals surface area contributed by atoms with Crippen LogP contribution >= 0.6 is 0 Å². The molecule has 1 saturated carbocycles. The molecule has 0 amide bonds. The largest absolute Gasteiger partial charge is 0.349 e. The highest BCUT2D eigenvalue weighted by Gasteiger charge is 2.39. The van der Waals surface area contributed by atoms with E-state index in [1.165, 1.54) is 64.2 Å². The van der Waals surface area contributed by atoms with Crippen molar-refractivity contribution in [2.24, 2.45) is 11.3 Å². The Morgan fingerprint density at radius 2 is 1.64 bits per heavy atom. The fourth-order valence-corrected chi connectivity index (χ4v) is 3.94. The lowest BCUT2D eigenvalue weighted by Crippen LogP contribution is -2.47. The highest BCUT2D eigenvalue weighted by molar-refractivity contribution is 4.83. The van der Waals surface area contributed by atoms with Crippen molar-refractivity contribution in [1.29, 1.82) is 0 Å². The molecule has 2 aliphatic rings. The molecule has 1 saturated heterocycles. The van der Waals surface area contributed by atoms with Crippen LogP contribution < -0.4 is 0 Å². The Labute approximate surface area is 138 Å². The third-order valence-electron chi connectivity index (χ3n) is 5.37. The van der Waals surface area contributed by atoms with E-state index in [0.29, 0.717) is 12.2 Å². The van der Waals surface area contributed by atoms with Crippen LogP contribution in [0, 0.1) is 11.3 Å². The van der Waals surface area contributed by atoms with Crippen LogP contribution in [-0.2, 0) is 9.47 Å². The monoisotopic (exact) mass is 310 g/mol. The van der Waals surface area contributed by atoms with Crippen LogP contribution in [0.2, 0.25) is 0 Å². The fourth-order valence-electron chi connectivity index (χ4n) is 3.94. The molecule has 3 atom stereocenters. The highest BCUT2D eigenvalue weighted by Crippen LogP contribution is 2.38. The first-order chi connectivity index (χ1) is 10.5. The standard InChI is InChI=1S/C20H38O2/c1-5-6-7-11-14-17-15-18(16-12-9-8-10-13-16)22-19(21-17)20(2,3)4/h16-19H,5-15H2,1-4H3/t17-,18+,19-/m0/s1. The summed E-state index contributed by atoms with van der Waals surface area (Å²) in [4.78, 5) is 0. The van der Waals surface area contributed by atoms with Crippen LogP contribution in [0.3, 0.4) is 0 Å². The summed E-state index contributed by atoms with van der Waals surface area (Å²) in [6.07, 6.45) is 15.5. The molecule has 0 aromatic heterocycles. The van der Waals surface area contributed by atoms with Gasteiger partial charge in [-0.1, -0.05) is 72.6 Å². The van der Waals surface area contributed by atoms with Crippen LogP contribution in [0.25, 0.3) is 0 Å². The third-order valence-corrected chi connectivity index (χ3v) is 5.37. The van der Waals surface area contributed by atoms with Crippen LogP contribution in [0.15, 0.2) is 0 Å². The van der Waals surface area contributed by atoms with Crippen molar-refractivity contribution in [2.45, 2.75) is 117 Å². The maximum absolute atomic E-state index is 6.43. The molecule has 2 rings (SSSR count). The molecule has 0 aromatic rings. The van der Waals surface area contributed by atoms with Crippen molar-refractivity contribution in [3.63, 3.8) is 0 Å². The van der Waals surface area contributed by atoms with Gasteiger partial charge >= 0.3 is 0 Å². The van der Waals surface area contributed by atoms with E-state index < -0.39 is 0 Å². The van der Waals surface area contributed by atoms with E-state index in [4.69, 9.17) is 9.47 Å². The first kappa shape index (κ1) is 18.3. The van der Waals surface area contributed by atoms with Gasteiger partial charge in [0.25, 0.3) is 0 Å². The molecule has 22 heavy (non-hydrogen) atoms. The molecule has 0 N–H and O–H groups in total. The minimum atomic E-state index is -0.0237. The molecule has 1 aliphatic heterocycles. The summed E-state index contributed by atoms with van der Waals surface area (Å²) in [6, 6.07) is 0. The molecule has 2 heteroatoms. The Kier molecular flexibility index (Phi) is 7.21. The zero-order chi connectivity index (χ0) is 16.0. The quantitative estimate of drug-likeness (QED) is 0.553. The van der Waals surface area contributed by atoms with Gasteiger partial charge in [-0.2, -0.15) is 0 Å². The van der Waals surface area contributed by atoms with Gasteiger partial charge in [0.2, 0.25) is 0 Å². The summed E-state index contributed by atoms with van der Waals surface area (Å²) < 4.78 is 12.8. The van der Waals surface area contributed by atoms with Gasteiger partial charge < -0.3 is 9.47 Å². The van der Waals surface area contributed by atoms with Gasteiger partial charge in [-0.3, -0.25) is 0 Å². The normalized spacial score (nSPS) is 31.4. The second-order valence-corrected chi connectivity index (χ2v) is 8.61. The van der Waals surface area contributed by atoms with E-state index in [-0.39, 0.29) is 11.7 Å². The molecule has 2 fully saturated rings. The average molecular weight is 311 g/mol. The molecular weight excluding hydrogens is 272 g/mol. The molecule has 0 aromatic carbocycles. The van der Waals surface area contributed by atoms with Gasteiger partial charge in [0.05, 0.1) is 12.2 Å². The molecule has 0 radical (unpaired) electrons. The second-order valence-electron chi connectivity index (χ2n) is 8.61. The summed E-state index contributed by atoms with van der Waals surface area (Å²) in [5.74, 6) is 0.778. The van der Waals surface area contributed by atoms with Crippen LogP contribution in [-0.4, -0.2) is 18.5 Å². The predicted octanol–water partition coefficient (Wildman–Crippen LogP) is 6.08. The highest BCUT2D eigenvalue weighted by atomic mass is 16.7. The van der Waals surface area contributed by atoms with Gasteiger partial charge in [-0.25, -0.2) is 0 Å². The van der Waals surface area contributed by atoms with Crippen molar-refractivity contribution in [2.75, 3.05) is 0 Å². The minimum Gasteiger partial charge on any atom is -0.349 e. The van der Waals surface area contributed by atoms with E-state index in [1.807, 2.05) is 0 Å². The molecule has 1 heterocycles. The predicted molar refractivity (Wildman–Crippen MR) is 92.9 cm³/mol. The van der Waals surface area contributed by atoms with E-state index in [9.17, 15) is 0 Å². The summed E-state index contributed by atoms with van der Waals surface area (Å²) in [6.45, 7) is 9.01. The molecular formula is C20H38O2. The van der Waals surface area contributed by atoms with Gasteiger partial charge in [0.1, 0.15) is 0 Å². The van der Waals surface area contributed by atoms with Crippen LogP contribution in [0.1, 0.15) is 98.3 Å². The van der Waals surface area contributed by atoms with Crippen molar-refractivity contribution < 1.29 is 9.47 Å². The summed E-state index contributed by atoms with van der Waals surface area (Å²) in [5.41, 5.74) is 0.0784. The zero-order valence-corrected chi connectivity index (χ0v) is 15.4. The first-order valence-electron chi connectivity index (χ1n) is 9.81. The molecule has 130 valence electrons. The Morgan fingerprint density at radius 1 is 0.909 bits per heavy atom. The van der Waals surface area contributed by atoms with E-state index in [0.717, 1.165) is 12.3 Å². The maximum Gasteiger partial charge on any atom is 0.163 e. The topological polar surface area (TPSA) is 18.5 Å². The van der Waals surface area contributed by atoms with Crippen LogP contribution in [0.4, 0.5) is 0 Å². The molecule has 0 spiro atoms. The summed E-state index contributed by atoms with van der Waals surface area (Å²) in [5, 5.41) is 0. The van der Waals surface area contributed by atoms with Crippen molar-refractivity contribution >= 4 is 0 Å². The van der Waals surface area contributed by atoms with Crippen molar-refractivity contribution in [3.05, 3.63) is 0 Å². The van der Waals surface area contributed by atoms with Gasteiger partial charge in [0, 0.05) is 11.8 Å². The number of hydrogen-bond donors (Lipinski definition) is 0. The number of ether oxygens (including phenoxy) is 2. The summed E-state index contributed by atoms with van der Waals surface area (Å²) >= 11 is 0.